The van der Waals surface area contributed by atoms with E-state index in [1.54, 1.807) is 24.3 Å². The third-order valence-electron chi connectivity index (χ3n) is 4.34. The Morgan fingerprint density at radius 2 is 1.57 bits per heavy atom. The first-order valence-electron chi connectivity index (χ1n) is 9.34. The molecule has 0 atom stereocenters. The van der Waals surface area contributed by atoms with E-state index in [0.29, 0.717) is 30.0 Å². The molecule has 0 aliphatic rings. The van der Waals surface area contributed by atoms with Gasteiger partial charge in [0.15, 0.2) is 0 Å². The van der Waals surface area contributed by atoms with Gasteiger partial charge in [-0.3, -0.25) is 14.4 Å². The second-order valence-corrected chi connectivity index (χ2v) is 6.92. The number of carbonyl (C=O) groups excluding carboxylic acids is 2. The van der Waals surface area contributed by atoms with Gasteiger partial charge in [0.05, 0.1) is 6.42 Å². The summed E-state index contributed by atoms with van der Waals surface area (Å²) in [5.74, 6) is -0.913. The van der Waals surface area contributed by atoms with Crippen molar-refractivity contribution in [3.8, 4) is 0 Å². The van der Waals surface area contributed by atoms with Crippen molar-refractivity contribution < 1.29 is 19.5 Å². The zero-order valence-corrected chi connectivity index (χ0v) is 16.2. The van der Waals surface area contributed by atoms with Crippen molar-refractivity contribution in [2.45, 2.75) is 39.0 Å². The molecule has 0 aliphatic heterocycles. The number of benzene rings is 2. The average Bonchev–Trinajstić information content (AvgIpc) is 2.67. The van der Waals surface area contributed by atoms with Gasteiger partial charge in [-0.05, 0) is 47.7 Å². The summed E-state index contributed by atoms with van der Waals surface area (Å²) in [7, 11) is 0. The maximum atomic E-state index is 12.1. The van der Waals surface area contributed by atoms with Gasteiger partial charge >= 0.3 is 5.97 Å². The van der Waals surface area contributed by atoms with Crippen LogP contribution < -0.4 is 10.6 Å². The summed E-state index contributed by atoms with van der Waals surface area (Å²) in [6.07, 6.45) is 0.910. The molecular weight excluding hydrogens is 356 g/mol. The van der Waals surface area contributed by atoms with Crippen molar-refractivity contribution in [3.63, 3.8) is 0 Å². The molecule has 2 rings (SSSR count). The van der Waals surface area contributed by atoms with Crippen LogP contribution in [0.1, 0.15) is 54.1 Å². The number of aliphatic carboxylic acids is 1. The Kier molecular flexibility index (Phi) is 7.75. The van der Waals surface area contributed by atoms with Gasteiger partial charge in [-0.2, -0.15) is 0 Å². The van der Waals surface area contributed by atoms with Crippen LogP contribution in [0.2, 0.25) is 0 Å². The molecule has 0 aliphatic carbocycles. The first kappa shape index (κ1) is 21.2. The summed E-state index contributed by atoms with van der Waals surface area (Å²) < 4.78 is 0. The molecule has 0 aromatic heterocycles. The minimum Gasteiger partial charge on any atom is -0.481 e. The molecule has 28 heavy (non-hydrogen) atoms. The molecule has 0 radical (unpaired) electrons. The van der Waals surface area contributed by atoms with Crippen molar-refractivity contribution in [1.82, 2.24) is 5.32 Å². The summed E-state index contributed by atoms with van der Waals surface area (Å²) in [5.41, 5.74) is 3.42. The van der Waals surface area contributed by atoms with E-state index in [2.05, 4.69) is 48.7 Å². The molecule has 0 unspecified atom stereocenters. The molecule has 0 spiro atoms. The third-order valence-corrected chi connectivity index (χ3v) is 4.34. The maximum absolute atomic E-state index is 12.1. The predicted octanol–water partition coefficient (Wildman–Crippen LogP) is 3.59. The monoisotopic (exact) mass is 382 g/mol. The number of anilines is 1. The summed E-state index contributed by atoms with van der Waals surface area (Å²) in [6.45, 7) is 4.37. The normalized spacial score (nSPS) is 10.5. The van der Waals surface area contributed by atoms with Crippen LogP contribution in [-0.2, 0) is 16.0 Å². The minimum absolute atomic E-state index is 0.0742. The van der Waals surface area contributed by atoms with E-state index in [-0.39, 0.29) is 24.8 Å². The minimum atomic E-state index is -0.964. The smallest absolute Gasteiger partial charge is 0.305 e. The number of carboxylic acids is 1. The van der Waals surface area contributed by atoms with Crippen LogP contribution in [0.15, 0.2) is 48.5 Å². The molecule has 2 aromatic carbocycles. The summed E-state index contributed by atoms with van der Waals surface area (Å²) in [4.78, 5) is 34.5. The fourth-order valence-corrected chi connectivity index (χ4v) is 2.64. The molecule has 2 amide bonds. The molecule has 2 aromatic rings. The van der Waals surface area contributed by atoms with Gasteiger partial charge in [0.2, 0.25) is 5.91 Å². The molecule has 3 N–H and O–H groups in total. The number of carboxylic acid groups (broad SMARTS) is 1. The van der Waals surface area contributed by atoms with E-state index >= 15 is 0 Å². The van der Waals surface area contributed by atoms with E-state index in [1.165, 1.54) is 5.56 Å². The molecular formula is C22H26N2O4. The molecule has 0 heterocycles. The van der Waals surface area contributed by atoms with Gasteiger partial charge in [-0.25, -0.2) is 0 Å². The predicted molar refractivity (Wildman–Crippen MR) is 109 cm³/mol. The molecule has 0 fully saturated rings. The number of carbonyl (C=O) groups is 3. The standard InChI is InChI=1S/C22H26N2O4/c1-15(2)17-6-3-16(4-7-17)5-12-20(25)24-19-10-8-18(9-11-19)22(28)23-14-13-21(26)27/h3-4,6-11,15H,5,12-14H2,1-2H3,(H,23,28)(H,24,25)(H,26,27). The highest BCUT2D eigenvalue weighted by molar-refractivity contribution is 5.96. The Morgan fingerprint density at radius 1 is 0.929 bits per heavy atom. The van der Waals surface area contributed by atoms with Crippen molar-refractivity contribution in [1.29, 1.82) is 0 Å². The highest BCUT2D eigenvalue weighted by Crippen LogP contribution is 2.16. The lowest BCUT2D eigenvalue weighted by Gasteiger charge is -2.08. The van der Waals surface area contributed by atoms with Crippen LogP contribution in [-0.4, -0.2) is 29.4 Å². The number of aryl methyl sites for hydroxylation is 1. The van der Waals surface area contributed by atoms with Gasteiger partial charge in [0, 0.05) is 24.2 Å². The second-order valence-electron chi connectivity index (χ2n) is 6.92. The van der Waals surface area contributed by atoms with Gasteiger partial charge in [-0.1, -0.05) is 38.1 Å². The quantitative estimate of drug-likeness (QED) is 0.618. The number of rotatable bonds is 9. The van der Waals surface area contributed by atoms with E-state index in [4.69, 9.17) is 5.11 Å². The lowest BCUT2D eigenvalue weighted by atomic mass is 10.0. The van der Waals surface area contributed by atoms with Crippen LogP contribution in [0.3, 0.4) is 0 Å². The molecule has 6 nitrogen and oxygen atoms in total. The summed E-state index contributed by atoms with van der Waals surface area (Å²) >= 11 is 0. The first-order valence-corrected chi connectivity index (χ1v) is 9.34. The van der Waals surface area contributed by atoms with Crippen molar-refractivity contribution in [3.05, 3.63) is 65.2 Å². The first-order chi connectivity index (χ1) is 13.3. The molecule has 6 heteroatoms. The fourth-order valence-electron chi connectivity index (χ4n) is 2.64. The van der Waals surface area contributed by atoms with Crippen LogP contribution >= 0.6 is 0 Å². The van der Waals surface area contributed by atoms with E-state index < -0.39 is 5.97 Å². The lowest BCUT2D eigenvalue weighted by Crippen LogP contribution is -2.25. The maximum Gasteiger partial charge on any atom is 0.305 e. The lowest BCUT2D eigenvalue weighted by molar-refractivity contribution is -0.136. The Labute approximate surface area is 165 Å². The molecule has 0 saturated carbocycles. The van der Waals surface area contributed by atoms with Crippen LogP contribution in [0.25, 0.3) is 0 Å². The SMILES string of the molecule is CC(C)c1ccc(CCC(=O)Nc2ccc(C(=O)NCCC(=O)O)cc2)cc1. The average molecular weight is 382 g/mol. The van der Waals surface area contributed by atoms with Crippen LogP contribution in [0.5, 0.6) is 0 Å². The van der Waals surface area contributed by atoms with Crippen LogP contribution in [0, 0.1) is 0 Å². The van der Waals surface area contributed by atoms with E-state index in [9.17, 15) is 14.4 Å². The summed E-state index contributed by atoms with van der Waals surface area (Å²) in [6, 6.07) is 14.8. The largest absolute Gasteiger partial charge is 0.481 e. The zero-order chi connectivity index (χ0) is 20.5. The Morgan fingerprint density at radius 3 is 2.14 bits per heavy atom. The second kappa shape index (κ2) is 10.3. The number of amides is 2. The van der Waals surface area contributed by atoms with Crippen molar-refractivity contribution in [2.24, 2.45) is 0 Å². The van der Waals surface area contributed by atoms with Crippen molar-refractivity contribution in [2.75, 3.05) is 11.9 Å². The highest BCUT2D eigenvalue weighted by Gasteiger charge is 2.08. The summed E-state index contributed by atoms with van der Waals surface area (Å²) in [5, 5.41) is 13.9. The zero-order valence-electron chi connectivity index (χ0n) is 16.2. The molecule has 0 saturated heterocycles. The molecule has 0 bridgehead atoms. The van der Waals surface area contributed by atoms with Gasteiger partial charge in [0.1, 0.15) is 0 Å². The number of hydrogen-bond donors (Lipinski definition) is 3. The van der Waals surface area contributed by atoms with Gasteiger partial charge in [0.25, 0.3) is 5.91 Å². The van der Waals surface area contributed by atoms with E-state index in [0.717, 1.165) is 5.56 Å². The topological polar surface area (TPSA) is 95.5 Å². The number of nitrogens with one attached hydrogen (secondary N) is 2. The Bertz CT molecular complexity index is 811. The van der Waals surface area contributed by atoms with Gasteiger partial charge < -0.3 is 15.7 Å². The number of hydrogen-bond acceptors (Lipinski definition) is 3. The van der Waals surface area contributed by atoms with Crippen molar-refractivity contribution >= 4 is 23.5 Å². The molecule has 148 valence electrons. The van der Waals surface area contributed by atoms with E-state index in [1.807, 2.05) is 0 Å². The highest BCUT2D eigenvalue weighted by atomic mass is 16.4. The van der Waals surface area contributed by atoms with Crippen LogP contribution in [0.4, 0.5) is 5.69 Å². The Hall–Kier alpha value is -3.15. The Balaban J connectivity index is 1.80. The fraction of sp³-hybridized carbons (Fsp3) is 0.318. The third kappa shape index (κ3) is 6.87. The van der Waals surface area contributed by atoms with Gasteiger partial charge in [-0.15, -0.1) is 0 Å².